The number of nitrogens with two attached hydrogens (primary N) is 2. The molecule has 4 aromatic rings. The lowest BCUT2D eigenvalue weighted by molar-refractivity contribution is 0.100. The zero-order valence-electron chi connectivity index (χ0n) is 15.3. The fraction of sp³-hybridized carbons (Fsp3) is 0.150. The van der Waals surface area contributed by atoms with Gasteiger partial charge in [0.25, 0.3) is 5.91 Å². The van der Waals surface area contributed by atoms with Crippen LogP contribution in [0.5, 0.6) is 5.75 Å². The topological polar surface area (TPSA) is 109 Å². The van der Waals surface area contributed by atoms with Crippen LogP contribution in [-0.4, -0.2) is 27.8 Å². The van der Waals surface area contributed by atoms with Crippen molar-refractivity contribution in [3.63, 3.8) is 0 Å². The lowest BCUT2D eigenvalue weighted by Gasteiger charge is -2.17. The van der Waals surface area contributed by atoms with Crippen molar-refractivity contribution in [1.82, 2.24) is 14.8 Å². The molecule has 0 radical (unpaired) electrons. The van der Waals surface area contributed by atoms with Crippen molar-refractivity contribution < 1.29 is 9.53 Å². The van der Waals surface area contributed by atoms with Gasteiger partial charge in [0.05, 0.1) is 30.1 Å². The number of carbonyl (C=O) groups excluding carboxylic acids is 1. The number of rotatable bonds is 3. The Morgan fingerprint density at radius 2 is 1.93 bits per heavy atom. The van der Waals surface area contributed by atoms with Crippen LogP contribution in [0.4, 0.5) is 5.82 Å². The number of amides is 1. The van der Waals surface area contributed by atoms with Gasteiger partial charge in [0.15, 0.2) is 0 Å². The van der Waals surface area contributed by atoms with E-state index in [0.717, 1.165) is 28.0 Å². The zero-order valence-corrected chi connectivity index (χ0v) is 15.3. The molecule has 7 nitrogen and oxygen atoms in total. The summed E-state index contributed by atoms with van der Waals surface area (Å²) in [5.74, 6) is 0.414. The molecule has 4 N–H and O–H groups in total. The molecule has 4 rings (SSSR count). The maximum absolute atomic E-state index is 12.2. The molecule has 2 aromatic carbocycles. The number of hydrogen-bond acceptors (Lipinski definition) is 5. The number of nitrogen functional groups attached to an aromatic ring is 1. The van der Waals surface area contributed by atoms with Gasteiger partial charge in [-0.1, -0.05) is 18.2 Å². The summed E-state index contributed by atoms with van der Waals surface area (Å²) >= 11 is 0. The molecule has 2 heterocycles. The molecule has 0 saturated carbocycles. The van der Waals surface area contributed by atoms with Crippen molar-refractivity contribution >= 4 is 33.5 Å². The number of fused-ring (bicyclic) bond motifs is 3. The van der Waals surface area contributed by atoms with Gasteiger partial charge in [-0.2, -0.15) is 5.10 Å². The van der Waals surface area contributed by atoms with E-state index >= 15 is 0 Å². The van der Waals surface area contributed by atoms with Gasteiger partial charge < -0.3 is 16.2 Å². The minimum atomic E-state index is -0.585. The first-order chi connectivity index (χ1) is 13.0. The first-order valence-electron chi connectivity index (χ1n) is 8.44. The van der Waals surface area contributed by atoms with Crippen LogP contribution in [0.2, 0.25) is 0 Å². The number of ether oxygens (including phenoxy) is 1. The van der Waals surface area contributed by atoms with Crippen LogP contribution in [-0.2, 0) is 0 Å². The zero-order chi connectivity index (χ0) is 19.3. The smallest absolute Gasteiger partial charge is 0.253 e. The third-order valence-corrected chi connectivity index (χ3v) is 4.92. The molecule has 7 heteroatoms. The number of methoxy groups -OCH3 is 1. The second-order valence-electron chi connectivity index (χ2n) is 6.45. The maximum atomic E-state index is 12.2. The summed E-state index contributed by atoms with van der Waals surface area (Å²) in [5.41, 5.74) is 16.4. The molecule has 27 heavy (non-hydrogen) atoms. The van der Waals surface area contributed by atoms with E-state index in [1.807, 2.05) is 48.7 Å². The summed E-state index contributed by atoms with van der Waals surface area (Å²) < 4.78 is 7.32. The van der Waals surface area contributed by atoms with Crippen LogP contribution >= 0.6 is 0 Å². The molecule has 0 bridgehead atoms. The number of aryl methyl sites for hydroxylation is 1. The van der Waals surface area contributed by atoms with Gasteiger partial charge in [0.1, 0.15) is 17.1 Å². The summed E-state index contributed by atoms with van der Waals surface area (Å²) in [6.07, 6.45) is 1.63. The molecule has 1 amide bonds. The number of nitrogens with zero attached hydrogens (tertiary/aromatic N) is 3. The van der Waals surface area contributed by atoms with Gasteiger partial charge in [0.2, 0.25) is 0 Å². The Morgan fingerprint density at radius 1 is 1.15 bits per heavy atom. The average molecular weight is 361 g/mol. The third-order valence-electron chi connectivity index (χ3n) is 4.92. The first-order valence-corrected chi connectivity index (χ1v) is 8.44. The van der Waals surface area contributed by atoms with E-state index in [9.17, 15) is 4.79 Å². The second kappa shape index (κ2) is 5.98. The highest BCUT2D eigenvalue weighted by atomic mass is 16.5. The highest BCUT2D eigenvalue weighted by Crippen LogP contribution is 2.38. The highest BCUT2D eigenvalue weighted by molar-refractivity contribution is 6.17. The lowest BCUT2D eigenvalue weighted by atomic mass is 10.1. The molecule has 0 atom stereocenters. The maximum Gasteiger partial charge on any atom is 0.253 e. The van der Waals surface area contributed by atoms with Crippen LogP contribution in [0, 0.1) is 13.8 Å². The monoisotopic (exact) mass is 361 g/mol. The summed E-state index contributed by atoms with van der Waals surface area (Å²) in [7, 11) is 1.62. The van der Waals surface area contributed by atoms with E-state index in [-0.39, 0.29) is 11.4 Å². The number of anilines is 1. The summed E-state index contributed by atoms with van der Waals surface area (Å²) in [5, 5.41) is 9.86. The lowest BCUT2D eigenvalue weighted by Crippen LogP contribution is -2.14. The summed E-state index contributed by atoms with van der Waals surface area (Å²) in [6, 6.07) is 9.45. The van der Waals surface area contributed by atoms with Crippen LogP contribution < -0.4 is 16.2 Å². The van der Waals surface area contributed by atoms with Gasteiger partial charge in [-0.25, -0.2) is 0 Å². The van der Waals surface area contributed by atoms with E-state index < -0.39 is 5.91 Å². The largest absolute Gasteiger partial charge is 0.496 e. The number of carbonyl (C=O) groups is 1. The summed E-state index contributed by atoms with van der Waals surface area (Å²) in [4.78, 5) is 12.2. The van der Waals surface area contributed by atoms with Gasteiger partial charge in [-0.05, 0) is 31.5 Å². The molecule has 0 unspecified atom stereocenters. The first kappa shape index (κ1) is 16.8. The van der Waals surface area contributed by atoms with E-state index in [1.165, 1.54) is 0 Å². The predicted molar refractivity (Wildman–Crippen MR) is 105 cm³/mol. The molecule has 2 aromatic heterocycles. The van der Waals surface area contributed by atoms with Crippen molar-refractivity contribution in [1.29, 1.82) is 0 Å². The van der Waals surface area contributed by atoms with E-state index in [4.69, 9.17) is 16.2 Å². The molecule has 0 aliphatic rings. The van der Waals surface area contributed by atoms with Crippen LogP contribution in [0.3, 0.4) is 0 Å². The van der Waals surface area contributed by atoms with Gasteiger partial charge in [-0.3, -0.25) is 9.36 Å². The third kappa shape index (κ3) is 2.32. The van der Waals surface area contributed by atoms with Crippen molar-refractivity contribution in [2.75, 3.05) is 12.8 Å². The fourth-order valence-corrected chi connectivity index (χ4v) is 3.71. The number of aromatic nitrogens is 3. The molecule has 0 saturated heterocycles. The van der Waals surface area contributed by atoms with Gasteiger partial charge >= 0.3 is 0 Å². The Bertz CT molecular complexity index is 1230. The predicted octanol–water partition coefficient (Wildman–Crippen LogP) is 2.88. The summed E-state index contributed by atoms with van der Waals surface area (Å²) in [6.45, 7) is 3.93. The van der Waals surface area contributed by atoms with Crippen molar-refractivity contribution in [2.24, 2.45) is 5.73 Å². The molecule has 0 aliphatic heterocycles. The normalized spacial score (nSPS) is 11.2. The Morgan fingerprint density at radius 3 is 2.63 bits per heavy atom. The number of primary amides is 1. The fourth-order valence-electron chi connectivity index (χ4n) is 3.71. The van der Waals surface area contributed by atoms with Gasteiger partial charge in [-0.15, -0.1) is 5.10 Å². The second-order valence-corrected chi connectivity index (χ2v) is 6.45. The molecule has 0 spiro atoms. The number of benzene rings is 2. The van der Waals surface area contributed by atoms with Crippen molar-refractivity contribution in [3.8, 4) is 11.4 Å². The SMILES string of the molecule is COc1ccc(C)c(-n2c(N)c(C(N)=O)c3ccc4ccnnc4c32)c1C. The Hall–Kier alpha value is -3.61. The van der Waals surface area contributed by atoms with E-state index in [2.05, 4.69) is 10.2 Å². The molecular weight excluding hydrogens is 342 g/mol. The molecular formula is C20H19N5O2. The van der Waals surface area contributed by atoms with Crippen LogP contribution in [0.25, 0.3) is 27.5 Å². The minimum absolute atomic E-state index is 0.273. The number of hydrogen-bond donors (Lipinski definition) is 2. The van der Waals surface area contributed by atoms with Gasteiger partial charge in [0, 0.05) is 16.3 Å². The quantitative estimate of drug-likeness (QED) is 0.583. The van der Waals surface area contributed by atoms with Crippen LogP contribution in [0.1, 0.15) is 21.5 Å². The van der Waals surface area contributed by atoms with E-state index in [0.29, 0.717) is 16.4 Å². The van der Waals surface area contributed by atoms with Crippen molar-refractivity contribution in [3.05, 3.63) is 53.2 Å². The minimum Gasteiger partial charge on any atom is -0.496 e. The Labute approximate surface area is 155 Å². The highest BCUT2D eigenvalue weighted by Gasteiger charge is 2.24. The molecule has 136 valence electrons. The Kier molecular flexibility index (Phi) is 3.73. The van der Waals surface area contributed by atoms with Crippen LogP contribution in [0.15, 0.2) is 36.5 Å². The molecule has 0 fully saturated rings. The average Bonchev–Trinajstić information content (AvgIpc) is 2.95. The Balaban J connectivity index is 2.27. The van der Waals surface area contributed by atoms with E-state index in [1.54, 1.807) is 13.3 Å². The van der Waals surface area contributed by atoms with Crippen molar-refractivity contribution in [2.45, 2.75) is 13.8 Å². The standard InChI is InChI=1S/C20H19N5O2/c1-10-4-7-14(27-3)11(2)17(10)25-18-13(15(19(25)21)20(22)26)6-5-12-8-9-23-24-16(12)18/h4-9H,21H2,1-3H3,(H2,22,26). The molecule has 0 aliphatic carbocycles.